The second-order valence-electron chi connectivity index (χ2n) is 7.23. The minimum atomic E-state index is -0.855. The van der Waals surface area contributed by atoms with Crippen LogP contribution < -0.4 is 10.6 Å². The number of hydrogen-bond acceptors (Lipinski definition) is 2. The van der Waals surface area contributed by atoms with Crippen LogP contribution in [0.4, 0.5) is 4.79 Å². The molecule has 5 heteroatoms. The highest BCUT2D eigenvalue weighted by atomic mass is 16.4. The first kappa shape index (κ1) is 16.8. The third-order valence-electron chi connectivity index (χ3n) is 3.48. The molecule has 0 aliphatic heterocycles. The fourth-order valence-electron chi connectivity index (χ4n) is 2.39. The molecule has 3 N–H and O–H groups in total. The average molecular weight is 284 g/mol. The number of hydrogen-bond donors (Lipinski definition) is 3. The largest absolute Gasteiger partial charge is 0.481 e. The van der Waals surface area contributed by atoms with Gasteiger partial charge in [0.1, 0.15) is 0 Å². The molecule has 0 saturated heterocycles. The van der Waals surface area contributed by atoms with Crippen molar-refractivity contribution in [2.75, 3.05) is 6.54 Å². The summed E-state index contributed by atoms with van der Waals surface area (Å²) in [5.74, 6) is -0.635. The molecule has 0 aromatic rings. The molecule has 1 aliphatic rings. The van der Waals surface area contributed by atoms with Crippen molar-refractivity contribution in [3.8, 4) is 0 Å². The van der Waals surface area contributed by atoms with Gasteiger partial charge in [-0.2, -0.15) is 0 Å². The molecule has 2 atom stereocenters. The molecule has 116 valence electrons. The molecular weight excluding hydrogens is 256 g/mol. The Kier molecular flexibility index (Phi) is 5.84. The van der Waals surface area contributed by atoms with Crippen LogP contribution >= 0.6 is 0 Å². The van der Waals surface area contributed by atoms with Gasteiger partial charge in [0.2, 0.25) is 0 Å². The summed E-state index contributed by atoms with van der Waals surface area (Å²) >= 11 is 0. The summed E-state index contributed by atoms with van der Waals surface area (Å²) < 4.78 is 0. The predicted molar refractivity (Wildman–Crippen MR) is 78.5 cm³/mol. The van der Waals surface area contributed by atoms with Crippen LogP contribution in [0.15, 0.2) is 0 Å². The quantitative estimate of drug-likeness (QED) is 0.672. The molecule has 1 rings (SSSR count). The molecular formula is C15H28N2O3. The molecule has 5 nitrogen and oxygen atoms in total. The maximum absolute atomic E-state index is 11.7. The van der Waals surface area contributed by atoms with Crippen LogP contribution in [0.3, 0.4) is 0 Å². The first-order chi connectivity index (χ1) is 9.17. The lowest BCUT2D eigenvalue weighted by Crippen LogP contribution is -2.44. The Balaban J connectivity index is 2.30. The van der Waals surface area contributed by atoms with Crippen LogP contribution in [0.5, 0.6) is 0 Å². The third-order valence-corrected chi connectivity index (χ3v) is 3.48. The first-order valence-electron chi connectivity index (χ1n) is 7.44. The molecule has 2 unspecified atom stereocenters. The number of nitrogens with one attached hydrogen (secondary N) is 2. The predicted octanol–water partition coefficient (Wildman–Crippen LogP) is 2.61. The molecule has 0 aromatic carbocycles. The summed E-state index contributed by atoms with van der Waals surface area (Å²) in [5.41, 5.74) is -0.0690. The Morgan fingerprint density at radius 3 is 2.35 bits per heavy atom. The maximum atomic E-state index is 11.7. The summed E-state index contributed by atoms with van der Waals surface area (Å²) in [6.45, 7) is 8.17. The number of aliphatic carboxylic acids is 1. The normalized spacial score (nSPS) is 18.2. The highest BCUT2D eigenvalue weighted by molar-refractivity contribution is 5.76. The van der Waals surface area contributed by atoms with Gasteiger partial charge in [-0.1, -0.05) is 33.6 Å². The minimum absolute atomic E-state index is 0.0690. The average Bonchev–Trinajstić information content (AvgIpc) is 3.05. The molecule has 0 radical (unpaired) electrons. The van der Waals surface area contributed by atoms with Crippen LogP contribution in [0.2, 0.25) is 0 Å². The number of carboxylic acid groups (broad SMARTS) is 1. The van der Waals surface area contributed by atoms with Crippen molar-refractivity contribution >= 4 is 12.0 Å². The Bertz CT molecular complexity index is 346. The number of carboxylic acids is 1. The standard InChI is InChI=1S/C15H28N2O3/c1-10(7-11-5-6-11)17-14(20)16-9-12(13(18)19)8-15(2,3)4/h10-12H,5-9H2,1-4H3,(H,18,19)(H2,16,17,20). The third kappa shape index (κ3) is 7.36. The zero-order valence-electron chi connectivity index (χ0n) is 13.0. The molecule has 1 aliphatic carbocycles. The van der Waals surface area contributed by atoms with Crippen molar-refractivity contribution in [3.63, 3.8) is 0 Å². The summed E-state index contributed by atoms with van der Waals surface area (Å²) in [5, 5.41) is 14.7. The molecule has 1 saturated carbocycles. The van der Waals surface area contributed by atoms with Gasteiger partial charge in [-0.3, -0.25) is 4.79 Å². The second-order valence-corrected chi connectivity index (χ2v) is 7.23. The summed E-state index contributed by atoms with van der Waals surface area (Å²) in [4.78, 5) is 22.9. The molecule has 1 fully saturated rings. The van der Waals surface area contributed by atoms with Crippen molar-refractivity contribution in [2.24, 2.45) is 17.3 Å². The van der Waals surface area contributed by atoms with E-state index in [2.05, 4.69) is 10.6 Å². The van der Waals surface area contributed by atoms with Crippen LogP contribution in [-0.4, -0.2) is 29.7 Å². The van der Waals surface area contributed by atoms with Crippen LogP contribution in [0.1, 0.15) is 53.4 Å². The lowest BCUT2D eigenvalue weighted by atomic mass is 9.84. The Morgan fingerprint density at radius 2 is 1.90 bits per heavy atom. The van der Waals surface area contributed by atoms with Crippen molar-refractivity contribution in [1.82, 2.24) is 10.6 Å². The molecule has 0 heterocycles. The van der Waals surface area contributed by atoms with Crippen molar-refractivity contribution in [3.05, 3.63) is 0 Å². The molecule has 20 heavy (non-hydrogen) atoms. The van der Waals surface area contributed by atoms with Gasteiger partial charge in [0.05, 0.1) is 5.92 Å². The Morgan fingerprint density at radius 1 is 1.30 bits per heavy atom. The van der Waals surface area contributed by atoms with Gasteiger partial charge in [0.25, 0.3) is 0 Å². The number of rotatable bonds is 7. The Labute approximate surface area is 121 Å². The first-order valence-corrected chi connectivity index (χ1v) is 7.44. The molecule has 2 amide bonds. The van der Waals surface area contributed by atoms with E-state index < -0.39 is 11.9 Å². The van der Waals surface area contributed by atoms with Gasteiger partial charge in [-0.15, -0.1) is 0 Å². The second kappa shape index (κ2) is 6.95. The van der Waals surface area contributed by atoms with Crippen molar-refractivity contribution in [2.45, 2.75) is 59.4 Å². The van der Waals surface area contributed by atoms with E-state index >= 15 is 0 Å². The van der Waals surface area contributed by atoms with Gasteiger partial charge in [0, 0.05) is 12.6 Å². The molecule has 0 bridgehead atoms. The summed E-state index contributed by atoms with van der Waals surface area (Å²) in [6, 6.07) is -0.119. The minimum Gasteiger partial charge on any atom is -0.481 e. The van der Waals surface area contributed by atoms with E-state index in [1.807, 2.05) is 27.7 Å². The van der Waals surface area contributed by atoms with E-state index in [0.29, 0.717) is 6.42 Å². The lowest BCUT2D eigenvalue weighted by molar-refractivity contribution is -0.142. The maximum Gasteiger partial charge on any atom is 0.315 e. The molecule has 0 spiro atoms. The monoisotopic (exact) mass is 284 g/mol. The topological polar surface area (TPSA) is 78.4 Å². The van der Waals surface area contributed by atoms with E-state index in [4.69, 9.17) is 0 Å². The number of carbonyl (C=O) groups is 2. The van der Waals surface area contributed by atoms with Crippen molar-refractivity contribution in [1.29, 1.82) is 0 Å². The highest BCUT2D eigenvalue weighted by Gasteiger charge is 2.26. The smallest absolute Gasteiger partial charge is 0.315 e. The zero-order valence-corrected chi connectivity index (χ0v) is 13.0. The Hall–Kier alpha value is -1.26. The number of urea groups is 1. The van der Waals surface area contributed by atoms with E-state index in [-0.39, 0.29) is 24.0 Å². The number of carbonyl (C=O) groups excluding carboxylic acids is 1. The van der Waals surface area contributed by atoms with Gasteiger partial charge < -0.3 is 15.7 Å². The molecule has 0 aromatic heterocycles. The van der Waals surface area contributed by atoms with Gasteiger partial charge in [-0.05, 0) is 31.1 Å². The SMILES string of the molecule is CC(CC1CC1)NC(=O)NCC(CC(C)(C)C)C(=O)O. The number of amides is 2. The van der Waals surface area contributed by atoms with Crippen molar-refractivity contribution < 1.29 is 14.7 Å². The fourth-order valence-corrected chi connectivity index (χ4v) is 2.39. The van der Waals surface area contributed by atoms with Gasteiger partial charge in [-0.25, -0.2) is 4.79 Å². The van der Waals surface area contributed by atoms with Crippen LogP contribution in [0, 0.1) is 17.3 Å². The van der Waals surface area contributed by atoms with Crippen LogP contribution in [-0.2, 0) is 4.79 Å². The van der Waals surface area contributed by atoms with E-state index in [9.17, 15) is 14.7 Å². The lowest BCUT2D eigenvalue weighted by Gasteiger charge is -2.23. The van der Waals surface area contributed by atoms with E-state index in [1.165, 1.54) is 12.8 Å². The highest BCUT2D eigenvalue weighted by Crippen LogP contribution is 2.33. The summed E-state index contributed by atoms with van der Waals surface area (Å²) in [7, 11) is 0. The summed E-state index contributed by atoms with van der Waals surface area (Å²) in [6.07, 6.45) is 4.08. The van der Waals surface area contributed by atoms with Gasteiger partial charge in [0.15, 0.2) is 0 Å². The van der Waals surface area contributed by atoms with Crippen LogP contribution in [0.25, 0.3) is 0 Å². The zero-order chi connectivity index (χ0) is 15.3. The van der Waals surface area contributed by atoms with E-state index in [0.717, 1.165) is 12.3 Å². The van der Waals surface area contributed by atoms with Gasteiger partial charge >= 0.3 is 12.0 Å². The van der Waals surface area contributed by atoms with E-state index in [1.54, 1.807) is 0 Å². The fraction of sp³-hybridized carbons (Fsp3) is 0.867.